The third-order valence-corrected chi connectivity index (χ3v) is 6.59. The van der Waals surface area contributed by atoms with Gasteiger partial charge in [-0.05, 0) is 67.4 Å². The average molecular weight is 593 g/mol. The van der Waals surface area contributed by atoms with Gasteiger partial charge in [-0.3, -0.25) is 4.79 Å². The molecular formula is C33H56N2O3S2. The Hall–Kier alpha value is -2.38. The van der Waals surface area contributed by atoms with E-state index in [1.165, 1.54) is 30.2 Å². The molecule has 3 N–H and O–H groups in total. The number of carbonyl (C=O) groups excluding carboxylic acids is 1. The lowest BCUT2D eigenvalue weighted by molar-refractivity contribution is -0.115. The molecule has 0 radical (unpaired) electrons. The summed E-state index contributed by atoms with van der Waals surface area (Å²) in [6.45, 7) is 18.3. The zero-order valence-electron chi connectivity index (χ0n) is 26.4. The Kier molecular flexibility index (Phi) is 31.1. The lowest BCUT2D eigenvalue weighted by atomic mass is 9.75. The molecule has 0 bridgehead atoms. The molecule has 5 nitrogen and oxygen atoms in total. The van der Waals surface area contributed by atoms with Gasteiger partial charge in [0, 0.05) is 6.42 Å². The van der Waals surface area contributed by atoms with Crippen LogP contribution in [0.3, 0.4) is 0 Å². The number of allylic oxidation sites excluding steroid dienone is 12. The van der Waals surface area contributed by atoms with Crippen LogP contribution in [0.2, 0.25) is 0 Å². The summed E-state index contributed by atoms with van der Waals surface area (Å²) < 4.78 is 5.15. The standard InChI is InChI=1S/C18H26N2O3S.C8H10.C4H10.C2H6.CH4S/c1-5-14(7-6-13(3)23-4)15-8-12(2)16(17(9-15)20-22)10-24-11-18(19)21;1-8-6-4-2-3-5-7-8;1-3-4-2;2*1-2/h5-7,10,12,15,22H,1,8-9,11H2,2-4H3,(H2,19,21);2-4,6-7H,5H2,1H3;3-4H2,1-2H3;1-2H3;2H,1H3/b13-6+,14-7+,16-10+,20-17+;;;;. The summed E-state index contributed by atoms with van der Waals surface area (Å²) in [5.74, 6) is 1.11. The van der Waals surface area contributed by atoms with Crippen molar-refractivity contribution in [2.75, 3.05) is 19.1 Å². The second-order valence-corrected chi connectivity index (χ2v) is 9.62. The molecular weight excluding hydrogens is 537 g/mol. The third kappa shape index (κ3) is 21.4. The number of thiol groups is 1. The molecule has 228 valence electrons. The molecule has 2 rings (SSSR count). The molecule has 1 fully saturated rings. The van der Waals surface area contributed by atoms with Gasteiger partial charge in [-0.2, -0.15) is 12.6 Å². The summed E-state index contributed by atoms with van der Waals surface area (Å²) >= 11 is 4.86. The Bertz CT molecular complexity index is 893. The van der Waals surface area contributed by atoms with E-state index in [2.05, 4.69) is 82.4 Å². The molecule has 1 amide bonds. The third-order valence-electron chi connectivity index (χ3n) is 5.72. The van der Waals surface area contributed by atoms with Crippen molar-refractivity contribution in [1.29, 1.82) is 0 Å². The normalized spacial score (nSPS) is 20.1. The van der Waals surface area contributed by atoms with Gasteiger partial charge in [0.2, 0.25) is 5.91 Å². The molecule has 0 spiro atoms. The minimum Gasteiger partial charge on any atom is -0.501 e. The van der Waals surface area contributed by atoms with Crippen molar-refractivity contribution in [3.63, 3.8) is 0 Å². The van der Waals surface area contributed by atoms with Gasteiger partial charge < -0.3 is 15.7 Å². The first-order valence-electron chi connectivity index (χ1n) is 14.0. The van der Waals surface area contributed by atoms with Crippen LogP contribution < -0.4 is 5.73 Å². The van der Waals surface area contributed by atoms with E-state index >= 15 is 0 Å². The van der Waals surface area contributed by atoms with Gasteiger partial charge in [0.05, 0.1) is 24.3 Å². The second kappa shape index (κ2) is 29.6. The van der Waals surface area contributed by atoms with E-state index < -0.39 is 0 Å². The van der Waals surface area contributed by atoms with Crippen molar-refractivity contribution in [1.82, 2.24) is 0 Å². The zero-order valence-corrected chi connectivity index (χ0v) is 28.2. The van der Waals surface area contributed by atoms with Crippen molar-refractivity contribution in [2.45, 2.75) is 80.6 Å². The van der Waals surface area contributed by atoms with Gasteiger partial charge in [0.15, 0.2) is 0 Å². The van der Waals surface area contributed by atoms with Crippen LogP contribution in [-0.2, 0) is 9.53 Å². The van der Waals surface area contributed by atoms with E-state index in [9.17, 15) is 10.0 Å². The molecule has 0 saturated heterocycles. The van der Waals surface area contributed by atoms with Gasteiger partial charge in [0.25, 0.3) is 0 Å². The predicted molar refractivity (Wildman–Crippen MR) is 183 cm³/mol. The Morgan fingerprint density at radius 2 is 1.88 bits per heavy atom. The van der Waals surface area contributed by atoms with E-state index in [1.54, 1.807) is 13.4 Å². The van der Waals surface area contributed by atoms with Gasteiger partial charge in [-0.15, -0.1) is 11.8 Å². The maximum atomic E-state index is 10.9. The first kappa shape index (κ1) is 42.1. The number of nitrogens with two attached hydrogens (primary N) is 1. The van der Waals surface area contributed by atoms with Crippen LogP contribution in [0.25, 0.3) is 0 Å². The molecule has 0 aromatic heterocycles. The Labute approximate surface area is 255 Å². The average Bonchev–Trinajstić information content (AvgIpc) is 3.23. The van der Waals surface area contributed by atoms with E-state index in [0.29, 0.717) is 12.1 Å². The van der Waals surface area contributed by atoms with E-state index in [0.717, 1.165) is 29.7 Å². The van der Waals surface area contributed by atoms with Crippen LogP contribution in [-0.4, -0.2) is 35.9 Å². The van der Waals surface area contributed by atoms with E-state index in [-0.39, 0.29) is 23.5 Å². The molecule has 2 aliphatic carbocycles. The van der Waals surface area contributed by atoms with Crippen LogP contribution in [0.5, 0.6) is 0 Å². The number of hydrogen-bond donors (Lipinski definition) is 3. The highest BCUT2D eigenvalue weighted by atomic mass is 32.2. The van der Waals surface area contributed by atoms with Crippen LogP contribution in [0.15, 0.2) is 88.2 Å². The molecule has 0 aromatic rings. The lowest BCUT2D eigenvalue weighted by Gasteiger charge is -2.30. The fraction of sp³-hybridized carbons (Fsp3) is 0.515. The van der Waals surface area contributed by atoms with Gasteiger partial charge >= 0.3 is 0 Å². The second-order valence-electron chi connectivity index (χ2n) is 8.76. The van der Waals surface area contributed by atoms with E-state index in [1.807, 2.05) is 44.4 Å². The molecule has 2 atom stereocenters. The van der Waals surface area contributed by atoms with Crippen LogP contribution in [0, 0.1) is 11.8 Å². The smallest absolute Gasteiger partial charge is 0.227 e. The number of oxime groups is 1. The van der Waals surface area contributed by atoms with Crippen molar-refractivity contribution in [2.24, 2.45) is 22.7 Å². The van der Waals surface area contributed by atoms with Crippen LogP contribution >= 0.6 is 24.4 Å². The summed E-state index contributed by atoms with van der Waals surface area (Å²) in [6.07, 6.45) is 23.3. The molecule has 0 aliphatic heterocycles. The SMILES string of the molecule is C=C/C(=C\C=C(/C)OC)C1CC(=N\O)/C(=C/SCC(N)=O)C(C)C1.CC.CC1=CCC=CC=C1.CCCC.CS. The Morgan fingerprint density at radius 1 is 1.25 bits per heavy atom. The van der Waals surface area contributed by atoms with Gasteiger partial charge in [0.1, 0.15) is 0 Å². The monoisotopic (exact) mass is 592 g/mol. The van der Waals surface area contributed by atoms with Crippen LogP contribution in [0.4, 0.5) is 0 Å². The Balaban J connectivity index is -0.000000698. The molecule has 2 aliphatic rings. The van der Waals surface area contributed by atoms with Crippen molar-refractivity contribution >= 4 is 36.0 Å². The number of primary amides is 1. The maximum absolute atomic E-state index is 10.9. The predicted octanol–water partition coefficient (Wildman–Crippen LogP) is 9.46. The van der Waals surface area contributed by atoms with Gasteiger partial charge in [-0.1, -0.05) is 107 Å². The summed E-state index contributed by atoms with van der Waals surface area (Å²) in [7, 11) is 1.63. The quantitative estimate of drug-likeness (QED) is 0.0861. The number of nitrogens with zero attached hydrogens (tertiary/aromatic N) is 1. The van der Waals surface area contributed by atoms with Crippen LogP contribution in [0.1, 0.15) is 80.6 Å². The first-order valence-corrected chi connectivity index (χ1v) is 16.0. The fourth-order valence-corrected chi connectivity index (χ4v) is 4.16. The largest absolute Gasteiger partial charge is 0.501 e. The minimum atomic E-state index is -0.363. The molecule has 0 aromatic carbocycles. The minimum absolute atomic E-state index is 0.214. The fourth-order valence-electron chi connectivity index (χ4n) is 3.36. The molecule has 0 heterocycles. The maximum Gasteiger partial charge on any atom is 0.227 e. The number of amides is 1. The number of carbonyl (C=O) groups is 1. The lowest BCUT2D eigenvalue weighted by Crippen LogP contribution is -2.25. The number of rotatable bonds is 8. The van der Waals surface area contributed by atoms with E-state index in [4.69, 9.17) is 10.5 Å². The first-order chi connectivity index (χ1) is 19.2. The highest BCUT2D eigenvalue weighted by Gasteiger charge is 2.29. The highest BCUT2D eigenvalue weighted by Crippen LogP contribution is 2.37. The highest BCUT2D eigenvalue weighted by molar-refractivity contribution is 8.02. The van der Waals surface area contributed by atoms with Crippen molar-refractivity contribution in [3.05, 3.63) is 83.1 Å². The number of unbranched alkanes of at least 4 members (excludes halogenated alkanes) is 1. The molecule has 2 unspecified atom stereocenters. The molecule has 40 heavy (non-hydrogen) atoms. The zero-order chi connectivity index (χ0) is 31.3. The molecule has 7 heteroatoms. The van der Waals surface area contributed by atoms with Crippen molar-refractivity contribution < 1.29 is 14.7 Å². The van der Waals surface area contributed by atoms with Crippen molar-refractivity contribution in [3.8, 4) is 0 Å². The topological polar surface area (TPSA) is 84.9 Å². The van der Waals surface area contributed by atoms with Gasteiger partial charge in [-0.25, -0.2) is 0 Å². The summed E-state index contributed by atoms with van der Waals surface area (Å²) in [6, 6.07) is 0. The summed E-state index contributed by atoms with van der Waals surface area (Å²) in [5.41, 5.74) is 9.21. The number of thioether (sulfide) groups is 1. The number of methoxy groups -OCH3 is 1. The number of hydrogen-bond acceptors (Lipinski definition) is 6. The Morgan fingerprint density at radius 3 is 2.38 bits per heavy atom. The summed E-state index contributed by atoms with van der Waals surface area (Å²) in [5, 5.41) is 14.7. The number of ether oxygens (including phenoxy) is 1. The molecule has 1 saturated carbocycles. The summed E-state index contributed by atoms with van der Waals surface area (Å²) in [4.78, 5) is 10.9.